The lowest BCUT2D eigenvalue weighted by Gasteiger charge is -2.38. The van der Waals surface area contributed by atoms with Crippen LogP contribution in [0.4, 0.5) is 0 Å². The maximum Gasteiger partial charge on any atom is 0.0469 e. The van der Waals surface area contributed by atoms with E-state index in [1.807, 2.05) is 0 Å². The summed E-state index contributed by atoms with van der Waals surface area (Å²) in [6.45, 7) is 9.63. The maximum atomic E-state index is 6.07. The van der Waals surface area contributed by atoms with Crippen LogP contribution in [0, 0.1) is 5.92 Å². The van der Waals surface area contributed by atoms with Gasteiger partial charge < -0.3 is 10.5 Å². The van der Waals surface area contributed by atoms with Crippen molar-refractivity contribution in [3.63, 3.8) is 0 Å². The first kappa shape index (κ1) is 15.9. The van der Waals surface area contributed by atoms with E-state index in [-0.39, 0.29) is 0 Å². The van der Waals surface area contributed by atoms with Gasteiger partial charge in [-0.2, -0.15) is 0 Å². The molecule has 0 aromatic rings. The zero-order valence-electron chi connectivity index (χ0n) is 12.4. The number of rotatable bonds is 9. The smallest absolute Gasteiger partial charge is 0.0469 e. The Labute approximate surface area is 113 Å². The quantitative estimate of drug-likeness (QED) is 0.689. The molecule has 1 atom stereocenters. The molecule has 0 radical (unpaired) electrons. The van der Waals surface area contributed by atoms with Gasteiger partial charge in [-0.1, -0.05) is 26.7 Å². The summed E-state index contributed by atoms with van der Waals surface area (Å²) in [5.41, 5.74) is 6.07. The van der Waals surface area contributed by atoms with Gasteiger partial charge in [-0.15, -0.1) is 0 Å². The minimum atomic E-state index is 0.576. The van der Waals surface area contributed by atoms with Crippen LogP contribution < -0.4 is 5.73 Å². The highest BCUT2D eigenvalue weighted by Crippen LogP contribution is 2.23. The van der Waals surface area contributed by atoms with Crippen LogP contribution in [-0.4, -0.2) is 43.8 Å². The fraction of sp³-hybridized carbons (Fsp3) is 1.00. The van der Waals surface area contributed by atoms with Crippen molar-refractivity contribution in [2.45, 2.75) is 58.4 Å². The molecule has 1 fully saturated rings. The predicted molar refractivity (Wildman–Crippen MR) is 77.8 cm³/mol. The second-order valence-corrected chi connectivity index (χ2v) is 5.50. The Kier molecular flexibility index (Phi) is 8.64. The molecule has 0 aromatic carbocycles. The third kappa shape index (κ3) is 5.25. The number of hydrogen-bond donors (Lipinski definition) is 1. The molecule has 0 aromatic heterocycles. The van der Waals surface area contributed by atoms with Crippen LogP contribution in [0.5, 0.6) is 0 Å². The molecule has 1 heterocycles. The normalized spacial score (nSPS) is 19.3. The van der Waals surface area contributed by atoms with Gasteiger partial charge in [0.25, 0.3) is 0 Å². The summed E-state index contributed by atoms with van der Waals surface area (Å²) >= 11 is 0. The molecular formula is C15H32N2O. The number of nitrogens with zero attached hydrogens (tertiary/aromatic N) is 1. The van der Waals surface area contributed by atoms with Crippen LogP contribution >= 0.6 is 0 Å². The summed E-state index contributed by atoms with van der Waals surface area (Å²) in [7, 11) is 0. The van der Waals surface area contributed by atoms with Crippen LogP contribution in [0.1, 0.15) is 52.4 Å². The van der Waals surface area contributed by atoms with E-state index in [4.69, 9.17) is 10.5 Å². The van der Waals surface area contributed by atoms with Crippen LogP contribution in [0.15, 0.2) is 0 Å². The molecule has 0 bridgehead atoms. The van der Waals surface area contributed by atoms with E-state index < -0.39 is 0 Å². The maximum absolute atomic E-state index is 6.07. The van der Waals surface area contributed by atoms with E-state index in [1.54, 1.807) is 0 Å². The van der Waals surface area contributed by atoms with Crippen molar-refractivity contribution in [2.24, 2.45) is 11.7 Å². The minimum absolute atomic E-state index is 0.576. The van der Waals surface area contributed by atoms with Crippen molar-refractivity contribution < 1.29 is 4.74 Å². The summed E-state index contributed by atoms with van der Waals surface area (Å²) in [4.78, 5) is 2.66. The van der Waals surface area contributed by atoms with E-state index in [9.17, 15) is 0 Å². The fourth-order valence-corrected chi connectivity index (χ4v) is 2.91. The van der Waals surface area contributed by atoms with Gasteiger partial charge in [0.2, 0.25) is 0 Å². The topological polar surface area (TPSA) is 38.5 Å². The third-order valence-corrected chi connectivity index (χ3v) is 4.12. The predicted octanol–water partition coefficient (Wildman–Crippen LogP) is 2.64. The highest BCUT2D eigenvalue weighted by atomic mass is 16.5. The lowest BCUT2D eigenvalue weighted by atomic mass is 9.90. The Morgan fingerprint density at radius 1 is 1.11 bits per heavy atom. The molecule has 1 unspecified atom stereocenters. The largest absolute Gasteiger partial charge is 0.381 e. The summed E-state index contributed by atoms with van der Waals surface area (Å²) in [6.07, 6.45) is 7.52. The Morgan fingerprint density at radius 2 is 1.67 bits per heavy atom. The van der Waals surface area contributed by atoms with E-state index in [0.29, 0.717) is 6.04 Å². The van der Waals surface area contributed by atoms with Crippen LogP contribution in [0.3, 0.4) is 0 Å². The Bertz CT molecular complexity index is 185. The summed E-state index contributed by atoms with van der Waals surface area (Å²) < 4.78 is 5.48. The summed E-state index contributed by atoms with van der Waals surface area (Å²) in [5.74, 6) is 0.748. The average Bonchev–Trinajstić information content (AvgIpc) is 2.43. The molecule has 0 spiro atoms. The van der Waals surface area contributed by atoms with Crippen molar-refractivity contribution in [1.82, 2.24) is 4.90 Å². The fourth-order valence-electron chi connectivity index (χ4n) is 2.91. The Morgan fingerprint density at radius 3 is 2.11 bits per heavy atom. The first-order valence-corrected chi connectivity index (χ1v) is 7.85. The molecule has 1 aliphatic heterocycles. The van der Waals surface area contributed by atoms with Gasteiger partial charge in [0.05, 0.1) is 0 Å². The lowest BCUT2D eigenvalue weighted by molar-refractivity contribution is 0.0267. The van der Waals surface area contributed by atoms with Gasteiger partial charge in [-0.05, 0) is 44.7 Å². The number of hydrogen-bond acceptors (Lipinski definition) is 3. The highest BCUT2D eigenvalue weighted by Gasteiger charge is 2.27. The third-order valence-electron chi connectivity index (χ3n) is 4.12. The number of ether oxygens (including phenoxy) is 1. The van der Waals surface area contributed by atoms with Gasteiger partial charge in [0, 0.05) is 25.8 Å². The molecule has 1 saturated heterocycles. The molecule has 1 aliphatic rings. The van der Waals surface area contributed by atoms with Crippen LogP contribution in [-0.2, 0) is 4.74 Å². The van der Waals surface area contributed by atoms with Crippen LogP contribution in [0.2, 0.25) is 0 Å². The molecule has 2 N–H and O–H groups in total. The minimum Gasteiger partial charge on any atom is -0.381 e. The second kappa shape index (κ2) is 9.76. The van der Waals surface area contributed by atoms with Crippen molar-refractivity contribution in [2.75, 3.05) is 32.8 Å². The van der Waals surface area contributed by atoms with Gasteiger partial charge in [-0.3, -0.25) is 4.90 Å². The van der Waals surface area contributed by atoms with E-state index in [2.05, 4.69) is 18.7 Å². The molecule has 3 heteroatoms. The molecular weight excluding hydrogens is 224 g/mol. The molecule has 3 nitrogen and oxygen atoms in total. The standard InChI is InChI=1S/C15H32N2O/c1-3-5-9-17(10-6-4-2)15(13-16)14-7-11-18-12-8-14/h14-15H,3-13,16H2,1-2H3. The van der Waals surface area contributed by atoms with Gasteiger partial charge in [-0.25, -0.2) is 0 Å². The van der Waals surface area contributed by atoms with E-state index >= 15 is 0 Å². The van der Waals surface area contributed by atoms with E-state index in [0.717, 1.165) is 25.7 Å². The van der Waals surface area contributed by atoms with Gasteiger partial charge in [0.1, 0.15) is 0 Å². The van der Waals surface area contributed by atoms with Crippen molar-refractivity contribution in [1.29, 1.82) is 0 Å². The Balaban J connectivity index is 2.52. The lowest BCUT2D eigenvalue weighted by Crippen LogP contribution is -2.48. The zero-order valence-corrected chi connectivity index (χ0v) is 12.4. The average molecular weight is 256 g/mol. The first-order chi connectivity index (χ1) is 8.83. The van der Waals surface area contributed by atoms with Gasteiger partial charge >= 0.3 is 0 Å². The molecule has 0 saturated carbocycles. The molecule has 1 rings (SSSR count). The molecule has 108 valence electrons. The van der Waals surface area contributed by atoms with Crippen LogP contribution in [0.25, 0.3) is 0 Å². The zero-order chi connectivity index (χ0) is 13.2. The molecule has 0 amide bonds. The SMILES string of the molecule is CCCCN(CCCC)C(CN)C1CCOCC1. The molecule has 18 heavy (non-hydrogen) atoms. The summed E-state index contributed by atoms with van der Waals surface area (Å²) in [6, 6.07) is 0.576. The van der Waals surface area contributed by atoms with E-state index in [1.165, 1.54) is 51.6 Å². The van der Waals surface area contributed by atoms with Crippen molar-refractivity contribution >= 4 is 0 Å². The first-order valence-electron chi connectivity index (χ1n) is 7.85. The van der Waals surface area contributed by atoms with Crippen molar-refractivity contribution in [3.05, 3.63) is 0 Å². The van der Waals surface area contributed by atoms with Gasteiger partial charge in [0.15, 0.2) is 0 Å². The highest BCUT2D eigenvalue weighted by molar-refractivity contribution is 4.82. The summed E-state index contributed by atoms with van der Waals surface area (Å²) in [5, 5.41) is 0. The molecule has 0 aliphatic carbocycles. The van der Waals surface area contributed by atoms with Crippen molar-refractivity contribution in [3.8, 4) is 0 Å². The number of unbranched alkanes of at least 4 members (excludes halogenated alkanes) is 2. The second-order valence-electron chi connectivity index (χ2n) is 5.50. The Hall–Kier alpha value is -0.120. The monoisotopic (exact) mass is 256 g/mol. The number of nitrogens with two attached hydrogens (primary N) is 1.